The fourth-order valence-electron chi connectivity index (χ4n) is 4.04. The van der Waals surface area contributed by atoms with Crippen molar-refractivity contribution in [3.05, 3.63) is 47.3 Å². The summed E-state index contributed by atoms with van der Waals surface area (Å²) < 4.78 is 34.3. The van der Waals surface area contributed by atoms with E-state index in [1.54, 1.807) is 13.8 Å². The molecule has 9 heteroatoms. The Balaban J connectivity index is 1.41. The summed E-state index contributed by atoms with van der Waals surface area (Å²) in [6.07, 6.45) is 8.47. The molecule has 1 saturated heterocycles. The number of hydrogen-bond acceptors (Lipinski definition) is 6. The number of carbonyl (C=O) groups is 2. The van der Waals surface area contributed by atoms with E-state index in [1.165, 1.54) is 0 Å². The predicted octanol–water partition coefficient (Wildman–Crippen LogP) is 4.35. The molecule has 1 fully saturated rings. The van der Waals surface area contributed by atoms with E-state index in [-0.39, 0.29) is 17.6 Å². The van der Waals surface area contributed by atoms with Gasteiger partial charge >= 0.3 is 0 Å². The number of aromatic nitrogens is 2. The predicted molar refractivity (Wildman–Crippen MR) is 130 cm³/mol. The van der Waals surface area contributed by atoms with Crippen LogP contribution in [0.2, 0.25) is 0 Å². The van der Waals surface area contributed by atoms with Gasteiger partial charge in [-0.3, -0.25) is 9.59 Å². The van der Waals surface area contributed by atoms with Crippen LogP contribution in [0.15, 0.2) is 24.5 Å². The van der Waals surface area contributed by atoms with Crippen LogP contribution in [0.5, 0.6) is 5.75 Å². The summed E-state index contributed by atoms with van der Waals surface area (Å²) in [6.45, 7) is 7.09. The third-order valence-electron chi connectivity index (χ3n) is 6.26. The lowest BCUT2D eigenvalue weighted by atomic mass is 9.92. The molecule has 3 rings (SSSR count). The molecule has 0 atom stereocenters. The minimum Gasteiger partial charge on any atom is -0.493 e. The van der Waals surface area contributed by atoms with Crippen molar-refractivity contribution in [2.45, 2.75) is 52.9 Å². The molecule has 0 saturated carbocycles. The number of aryl methyl sites for hydroxylation is 1. The minimum absolute atomic E-state index is 0.0465. The quantitative estimate of drug-likeness (QED) is 0.374. The van der Waals surface area contributed by atoms with Crippen molar-refractivity contribution in [2.24, 2.45) is 11.8 Å². The Morgan fingerprint density at radius 3 is 2.34 bits per heavy atom. The molecule has 0 bridgehead atoms. The molecule has 1 aliphatic heterocycles. The van der Waals surface area contributed by atoms with E-state index in [9.17, 15) is 18.4 Å². The largest absolute Gasteiger partial charge is 0.493 e. The first-order valence-electron chi connectivity index (χ1n) is 12.3. The summed E-state index contributed by atoms with van der Waals surface area (Å²) in [4.78, 5) is 34.9. The van der Waals surface area contributed by atoms with Gasteiger partial charge in [-0.15, -0.1) is 0 Å². The Morgan fingerprint density at radius 1 is 1.14 bits per heavy atom. The number of ether oxygens (including phenoxy) is 1. The van der Waals surface area contributed by atoms with Crippen LogP contribution in [0.4, 0.5) is 14.7 Å². The van der Waals surface area contributed by atoms with Gasteiger partial charge in [0, 0.05) is 43.5 Å². The first-order chi connectivity index (χ1) is 16.8. The number of nitrogens with zero attached hydrogens (tertiary/aromatic N) is 3. The third-order valence-corrected chi connectivity index (χ3v) is 6.26. The second-order valence-corrected chi connectivity index (χ2v) is 9.22. The highest BCUT2D eigenvalue weighted by atomic mass is 19.1. The molecule has 1 aromatic carbocycles. The van der Waals surface area contributed by atoms with Crippen molar-refractivity contribution in [1.82, 2.24) is 15.3 Å². The Kier molecular flexibility index (Phi) is 9.51. The number of Topliss-reactive ketones (excluding diaryl/α,β-unsaturated/α-hetero) is 1. The number of nitrogens with one attached hydrogen (secondary N) is 1. The maximum atomic E-state index is 14.4. The zero-order valence-electron chi connectivity index (χ0n) is 20.7. The van der Waals surface area contributed by atoms with Crippen LogP contribution in [-0.4, -0.2) is 47.9 Å². The van der Waals surface area contributed by atoms with Crippen molar-refractivity contribution in [1.29, 1.82) is 0 Å². The average Bonchev–Trinajstić information content (AvgIpc) is 2.85. The van der Waals surface area contributed by atoms with Crippen molar-refractivity contribution in [3.8, 4) is 5.75 Å². The van der Waals surface area contributed by atoms with Crippen LogP contribution < -0.4 is 15.0 Å². The van der Waals surface area contributed by atoms with Crippen molar-refractivity contribution in [2.75, 3.05) is 31.1 Å². The number of amides is 1. The summed E-state index contributed by atoms with van der Waals surface area (Å²) >= 11 is 0. The van der Waals surface area contributed by atoms with Crippen LogP contribution in [0.1, 0.15) is 62.4 Å². The Morgan fingerprint density at radius 2 is 1.77 bits per heavy atom. The number of halogens is 2. The molecule has 2 heterocycles. The molecule has 0 radical (unpaired) electrons. The summed E-state index contributed by atoms with van der Waals surface area (Å²) in [5.74, 6) is -2.12. The van der Waals surface area contributed by atoms with Crippen LogP contribution in [0.25, 0.3) is 0 Å². The first kappa shape index (κ1) is 26.5. The zero-order valence-corrected chi connectivity index (χ0v) is 20.7. The van der Waals surface area contributed by atoms with E-state index >= 15 is 0 Å². The van der Waals surface area contributed by atoms with E-state index in [1.807, 2.05) is 12.4 Å². The van der Waals surface area contributed by atoms with E-state index in [0.717, 1.165) is 68.8 Å². The second kappa shape index (κ2) is 12.6. The smallest absolute Gasteiger partial charge is 0.225 e. The normalized spacial score (nSPS) is 14.3. The lowest BCUT2D eigenvalue weighted by molar-refractivity contribution is -0.123. The van der Waals surface area contributed by atoms with Crippen molar-refractivity contribution in [3.63, 3.8) is 0 Å². The van der Waals surface area contributed by atoms with Crippen LogP contribution in [0, 0.1) is 23.5 Å². The molecule has 1 aromatic heterocycles. The Labute approximate surface area is 205 Å². The van der Waals surface area contributed by atoms with Gasteiger partial charge in [-0.05, 0) is 43.6 Å². The molecule has 1 aliphatic rings. The molecule has 0 spiro atoms. The highest BCUT2D eigenvalue weighted by molar-refractivity contribution is 6.00. The van der Waals surface area contributed by atoms with Gasteiger partial charge in [0.1, 0.15) is 17.4 Å². The number of ketones is 1. The summed E-state index contributed by atoms with van der Waals surface area (Å²) in [6, 6.07) is 2.03. The molecular weight excluding hydrogens is 454 g/mol. The number of piperidine rings is 1. The number of hydrogen-bond donors (Lipinski definition) is 1. The number of anilines is 1. The molecule has 35 heavy (non-hydrogen) atoms. The Hall–Kier alpha value is -3.10. The third kappa shape index (κ3) is 7.44. The van der Waals surface area contributed by atoms with Gasteiger partial charge in [0.2, 0.25) is 11.9 Å². The fourth-order valence-corrected chi connectivity index (χ4v) is 4.04. The van der Waals surface area contributed by atoms with Gasteiger partial charge in [0.25, 0.3) is 0 Å². The lowest BCUT2D eigenvalue weighted by Gasteiger charge is -2.32. The molecule has 1 amide bonds. The molecule has 190 valence electrons. The maximum Gasteiger partial charge on any atom is 0.225 e. The lowest BCUT2D eigenvalue weighted by Crippen LogP contribution is -2.35. The number of benzene rings is 1. The van der Waals surface area contributed by atoms with Gasteiger partial charge in [-0.25, -0.2) is 18.7 Å². The van der Waals surface area contributed by atoms with Crippen molar-refractivity contribution >= 4 is 17.6 Å². The maximum absolute atomic E-state index is 14.4. The van der Waals surface area contributed by atoms with E-state index in [2.05, 4.69) is 27.1 Å². The number of carbonyl (C=O) groups excluding carboxylic acids is 2. The van der Waals surface area contributed by atoms with Gasteiger partial charge in [0.05, 0.1) is 18.7 Å². The number of rotatable bonds is 11. The van der Waals surface area contributed by atoms with E-state index in [4.69, 9.17) is 4.74 Å². The minimum atomic E-state index is -0.995. The fraction of sp³-hybridized carbons (Fsp3) is 0.538. The molecule has 7 nitrogen and oxygen atoms in total. The molecular formula is C26H34F2N4O3. The van der Waals surface area contributed by atoms with E-state index in [0.29, 0.717) is 12.5 Å². The second-order valence-electron chi connectivity index (χ2n) is 9.22. The molecule has 0 aliphatic carbocycles. The summed E-state index contributed by atoms with van der Waals surface area (Å²) in [5.41, 5.74) is 0.459. The highest BCUT2D eigenvalue weighted by Crippen LogP contribution is 2.25. The van der Waals surface area contributed by atoms with Crippen LogP contribution in [0.3, 0.4) is 0 Å². The standard InChI is InChI=1S/C26H34F2N4O3/c1-4-18-14-30-26(31-15-18)32-9-7-19(8-10-32)6-5-11-35-20-12-21(27)24(22(28)13-20)23(33)16-29-25(34)17(2)3/h12-15,17,19H,4-11,16H2,1-3H3,(H,29,34). The highest BCUT2D eigenvalue weighted by Gasteiger charge is 2.22. The first-order valence-corrected chi connectivity index (χ1v) is 12.3. The van der Waals surface area contributed by atoms with Gasteiger partial charge in [-0.2, -0.15) is 0 Å². The SMILES string of the molecule is CCc1cnc(N2CCC(CCCOc3cc(F)c(C(=O)CNC(=O)C(C)C)c(F)c3)CC2)nc1. The average molecular weight is 489 g/mol. The van der Waals surface area contributed by atoms with Crippen molar-refractivity contribution < 1.29 is 23.1 Å². The summed E-state index contributed by atoms with van der Waals surface area (Å²) in [7, 11) is 0. The van der Waals surface area contributed by atoms with Gasteiger partial charge in [0.15, 0.2) is 5.78 Å². The summed E-state index contributed by atoms with van der Waals surface area (Å²) in [5, 5.41) is 2.38. The van der Waals surface area contributed by atoms with Crippen LogP contribution >= 0.6 is 0 Å². The van der Waals surface area contributed by atoms with E-state index < -0.39 is 29.5 Å². The topological polar surface area (TPSA) is 84.4 Å². The zero-order chi connectivity index (χ0) is 25.4. The molecule has 1 N–H and O–H groups in total. The van der Waals surface area contributed by atoms with Crippen LogP contribution in [-0.2, 0) is 11.2 Å². The monoisotopic (exact) mass is 488 g/mol. The Bertz CT molecular complexity index is 983. The molecule has 0 unspecified atom stereocenters. The molecule has 2 aromatic rings. The van der Waals surface area contributed by atoms with Gasteiger partial charge in [-0.1, -0.05) is 20.8 Å². The van der Waals surface area contributed by atoms with Gasteiger partial charge < -0.3 is 15.0 Å².